The van der Waals surface area contributed by atoms with Crippen molar-refractivity contribution in [2.45, 2.75) is 76.6 Å². The Morgan fingerprint density at radius 1 is 1.13 bits per heavy atom. The summed E-state index contributed by atoms with van der Waals surface area (Å²) in [6.45, 7) is 7.84. The van der Waals surface area contributed by atoms with E-state index in [1.165, 1.54) is 44.1 Å². The van der Waals surface area contributed by atoms with Crippen molar-refractivity contribution in [3.05, 3.63) is 35.9 Å². The van der Waals surface area contributed by atoms with Crippen LogP contribution in [0.3, 0.4) is 0 Å². The van der Waals surface area contributed by atoms with E-state index in [-0.39, 0.29) is 41.0 Å². The van der Waals surface area contributed by atoms with Crippen LogP contribution in [-0.4, -0.2) is 48.3 Å². The summed E-state index contributed by atoms with van der Waals surface area (Å²) in [4.78, 5) is 15.5. The Bertz CT molecular complexity index is 834. The average Bonchev–Trinajstić information content (AvgIpc) is 3.45. The summed E-state index contributed by atoms with van der Waals surface area (Å²) >= 11 is 0. The van der Waals surface area contributed by atoms with Gasteiger partial charge in [0.15, 0.2) is 0 Å². The summed E-state index contributed by atoms with van der Waals surface area (Å²) in [5.41, 5.74) is 1.65. The number of piperidine rings is 1. The number of rotatable bonds is 4. The van der Waals surface area contributed by atoms with E-state index in [0.717, 1.165) is 32.0 Å². The van der Waals surface area contributed by atoms with Crippen LogP contribution in [0.25, 0.3) is 0 Å². The van der Waals surface area contributed by atoms with Crippen LogP contribution in [0.1, 0.15) is 57.9 Å². The van der Waals surface area contributed by atoms with Crippen LogP contribution in [0.15, 0.2) is 30.3 Å². The number of ether oxygens (including phenoxy) is 2. The maximum absolute atomic E-state index is 13.0. The predicted molar refractivity (Wildman–Crippen MR) is 120 cm³/mol. The van der Waals surface area contributed by atoms with Gasteiger partial charge in [-0.1, -0.05) is 50.6 Å². The minimum atomic E-state index is -0.00118. The molecular weight excluding hydrogens is 386 g/mol. The van der Waals surface area contributed by atoms with Crippen molar-refractivity contribution in [3.8, 4) is 0 Å². The molecule has 0 aromatic heterocycles. The molecule has 4 heteroatoms. The summed E-state index contributed by atoms with van der Waals surface area (Å²) in [6.07, 6.45) is 8.70. The molecule has 3 saturated heterocycles. The molecule has 0 N–H and O–H groups in total. The lowest BCUT2D eigenvalue weighted by Crippen LogP contribution is -2.54. The van der Waals surface area contributed by atoms with Crippen molar-refractivity contribution < 1.29 is 14.3 Å². The van der Waals surface area contributed by atoms with Gasteiger partial charge in [0.2, 0.25) is 0 Å². The van der Waals surface area contributed by atoms with E-state index in [9.17, 15) is 4.79 Å². The SMILES string of the molecule is C[C@@H]1CCC[C@@]2(C)C[C@H]3OC(=O)[C@H](CN4CCC(Cc5ccccc5)CC4)[C@@H]3[C@@H]3O[C@]132. The fourth-order valence-electron chi connectivity index (χ4n) is 8.04. The second-order valence-corrected chi connectivity index (χ2v) is 11.5. The molecule has 4 nitrogen and oxygen atoms in total. The van der Waals surface area contributed by atoms with Gasteiger partial charge in [-0.15, -0.1) is 0 Å². The Kier molecular flexibility index (Phi) is 4.77. The first-order chi connectivity index (χ1) is 15.0. The van der Waals surface area contributed by atoms with Crippen molar-refractivity contribution >= 4 is 5.97 Å². The van der Waals surface area contributed by atoms with Gasteiger partial charge in [-0.2, -0.15) is 0 Å². The first-order valence-electron chi connectivity index (χ1n) is 12.6. The van der Waals surface area contributed by atoms with E-state index >= 15 is 0 Å². The predicted octanol–water partition coefficient (Wildman–Crippen LogP) is 4.47. The van der Waals surface area contributed by atoms with Gasteiger partial charge in [0.1, 0.15) is 11.7 Å². The third kappa shape index (κ3) is 3.12. The lowest BCUT2D eigenvalue weighted by Gasteiger charge is -2.49. The molecule has 31 heavy (non-hydrogen) atoms. The Morgan fingerprint density at radius 3 is 2.68 bits per heavy atom. The van der Waals surface area contributed by atoms with Crippen molar-refractivity contribution in [1.82, 2.24) is 4.90 Å². The first-order valence-corrected chi connectivity index (χ1v) is 12.6. The lowest BCUT2D eigenvalue weighted by molar-refractivity contribution is -0.146. The molecule has 0 radical (unpaired) electrons. The molecule has 3 heterocycles. The highest BCUT2D eigenvalue weighted by Gasteiger charge is 2.78. The van der Waals surface area contributed by atoms with Gasteiger partial charge in [0.25, 0.3) is 0 Å². The van der Waals surface area contributed by atoms with Crippen molar-refractivity contribution in [2.75, 3.05) is 19.6 Å². The number of likely N-dealkylation sites (tertiary alicyclic amines) is 1. The molecule has 3 aliphatic heterocycles. The molecule has 5 fully saturated rings. The van der Waals surface area contributed by atoms with Gasteiger partial charge >= 0.3 is 5.97 Å². The third-order valence-electron chi connectivity index (χ3n) is 9.72. The monoisotopic (exact) mass is 423 g/mol. The zero-order chi connectivity index (χ0) is 21.2. The molecule has 1 aromatic rings. The number of benzene rings is 1. The Hall–Kier alpha value is -1.39. The van der Waals surface area contributed by atoms with E-state index in [1.807, 2.05) is 0 Å². The molecule has 6 rings (SSSR count). The molecule has 168 valence electrons. The summed E-state index contributed by atoms with van der Waals surface area (Å²) in [7, 11) is 0. The Balaban J connectivity index is 1.11. The topological polar surface area (TPSA) is 42.1 Å². The van der Waals surface area contributed by atoms with E-state index in [4.69, 9.17) is 9.47 Å². The van der Waals surface area contributed by atoms with Crippen molar-refractivity contribution in [2.24, 2.45) is 29.1 Å². The van der Waals surface area contributed by atoms with Crippen molar-refractivity contribution in [3.63, 3.8) is 0 Å². The highest BCUT2D eigenvalue weighted by molar-refractivity contribution is 5.76. The standard InChI is InChI=1S/C27H37NO3/c1-18-7-6-12-26(2)16-22-23(24-27(18,26)31-24)21(25(29)30-22)17-28-13-10-20(11-14-28)15-19-8-4-3-5-9-19/h3-5,8-9,18,20-24H,6-7,10-17H2,1-2H3/t18-,21-,22-,23+,24+,26+,27-/m1/s1. The fraction of sp³-hybridized carbons (Fsp3) is 0.741. The highest BCUT2D eigenvalue weighted by Crippen LogP contribution is 2.70. The van der Waals surface area contributed by atoms with Gasteiger partial charge in [0.05, 0.1) is 12.0 Å². The largest absolute Gasteiger partial charge is 0.462 e. The van der Waals surface area contributed by atoms with E-state index < -0.39 is 0 Å². The van der Waals surface area contributed by atoms with Gasteiger partial charge < -0.3 is 14.4 Å². The van der Waals surface area contributed by atoms with Gasteiger partial charge in [0, 0.05) is 17.9 Å². The van der Waals surface area contributed by atoms with E-state index in [0.29, 0.717) is 5.92 Å². The zero-order valence-corrected chi connectivity index (χ0v) is 19.1. The second kappa shape index (κ2) is 7.31. The average molecular weight is 424 g/mol. The molecule has 2 aliphatic carbocycles. The smallest absolute Gasteiger partial charge is 0.311 e. The number of fused-ring (bicyclic) bond motifs is 2. The van der Waals surface area contributed by atoms with Gasteiger partial charge in [-0.05, 0) is 69.0 Å². The summed E-state index contributed by atoms with van der Waals surface area (Å²) in [5, 5.41) is 0. The molecule has 0 bridgehead atoms. The fourth-order valence-corrected chi connectivity index (χ4v) is 8.04. The molecule has 2 saturated carbocycles. The maximum Gasteiger partial charge on any atom is 0.311 e. The lowest BCUT2D eigenvalue weighted by atomic mass is 9.53. The molecule has 5 aliphatic rings. The van der Waals surface area contributed by atoms with Crippen molar-refractivity contribution in [1.29, 1.82) is 0 Å². The van der Waals surface area contributed by atoms with Crippen LogP contribution < -0.4 is 0 Å². The number of epoxide rings is 1. The summed E-state index contributed by atoms with van der Waals surface area (Å²) in [5.74, 6) is 1.67. The molecule has 0 unspecified atom stereocenters. The van der Waals surface area contributed by atoms with E-state index in [1.54, 1.807) is 0 Å². The number of carbonyl (C=O) groups excluding carboxylic acids is 1. The number of hydrogen-bond donors (Lipinski definition) is 0. The Labute approximate surface area is 186 Å². The third-order valence-corrected chi connectivity index (χ3v) is 9.72. The van der Waals surface area contributed by atoms with Crippen LogP contribution in [0.2, 0.25) is 0 Å². The van der Waals surface area contributed by atoms with Crippen LogP contribution in [-0.2, 0) is 20.7 Å². The molecule has 1 aromatic carbocycles. The quantitative estimate of drug-likeness (QED) is 0.529. The first kappa shape index (κ1) is 20.2. The molecule has 1 spiro atoms. The zero-order valence-electron chi connectivity index (χ0n) is 19.1. The number of hydrogen-bond acceptors (Lipinski definition) is 4. The normalized spacial score (nSPS) is 44.8. The van der Waals surface area contributed by atoms with Crippen LogP contribution >= 0.6 is 0 Å². The van der Waals surface area contributed by atoms with Crippen LogP contribution in [0, 0.1) is 29.1 Å². The van der Waals surface area contributed by atoms with Crippen LogP contribution in [0.5, 0.6) is 0 Å². The molecule has 7 atom stereocenters. The molecule has 0 amide bonds. The maximum atomic E-state index is 13.0. The number of carbonyl (C=O) groups is 1. The summed E-state index contributed by atoms with van der Waals surface area (Å²) < 4.78 is 12.6. The van der Waals surface area contributed by atoms with Gasteiger partial charge in [-0.3, -0.25) is 4.79 Å². The number of esters is 1. The minimum Gasteiger partial charge on any atom is -0.462 e. The van der Waals surface area contributed by atoms with Crippen LogP contribution in [0.4, 0.5) is 0 Å². The van der Waals surface area contributed by atoms with E-state index in [2.05, 4.69) is 49.1 Å². The highest BCUT2D eigenvalue weighted by atomic mass is 16.6. The molecular formula is C27H37NO3. The summed E-state index contributed by atoms with van der Waals surface area (Å²) in [6, 6.07) is 10.9. The number of nitrogens with zero attached hydrogens (tertiary/aromatic N) is 1. The van der Waals surface area contributed by atoms with Gasteiger partial charge in [-0.25, -0.2) is 0 Å². The second-order valence-electron chi connectivity index (χ2n) is 11.5. The Morgan fingerprint density at radius 2 is 1.90 bits per heavy atom. The minimum absolute atomic E-state index is 0.00118.